The van der Waals surface area contributed by atoms with Crippen molar-refractivity contribution >= 4 is 43.0 Å². The molecule has 1 saturated heterocycles. The van der Waals surface area contributed by atoms with Crippen LogP contribution in [0.1, 0.15) is 71.1 Å². The molecule has 1 unspecified atom stereocenters. The van der Waals surface area contributed by atoms with Crippen LogP contribution in [-0.2, 0) is 28.2 Å². The van der Waals surface area contributed by atoms with Crippen LogP contribution in [0.5, 0.6) is 5.75 Å². The van der Waals surface area contributed by atoms with E-state index in [-0.39, 0.29) is 41.3 Å². The first kappa shape index (κ1) is 35.5. The lowest BCUT2D eigenvalue weighted by Gasteiger charge is -2.42. The summed E-state index contributed by atoms with van der Waals surface area (Å²) in [5, 5.41) is 5.70. The summed E-state index contributed by atoms with van der Waals surface area (Å²) in [7, 11) is 0.653. The third-order valence-corrected chi connectivity index (χ3v) is 10.5. The number of carbonyl (C=O) groups is 2. The molecular weight excluding hydrogens is 674 g/mol. The minimum absolute atomic E-state index is 0.0874. The Morgan fingerprint density at radius 2 is 1.76 bits per heavy atom. The van der Waals surface area contributed by atoms with Gasteiger partial charge in [0.1, 0.15) is 17.1 Å². The van der Waals surface area contributed by atoms with Gasteiger partial charge in [-0.15, -0.1) is 0 Å². The Labute approximate surface area is 288 Å². The van der Waals surface area contributed by atoms with E-state index in [1.54, 1.807) is 43.1 Å². The standard InChI is InChI=1S/C34H39F3N7O5P/c1-20(45)43-12-14-44(15-13-43)23-7-5-22(6-8-23)24-9-11-28(30-25(24)18-42(2)32(30)46)39-31-26(34(35,36)37)17-38-33(41-31)40-27-10-4-21(19-50(47)48)16-29(27)49-3/h4,9-11,16-17,22-23H,5-8,12-15,18-19H2,1-3H3,(H2-,38,39,40,41,46,47,48)/p+1. The molecule has 2 aromatic carbocycles. The van der Waals surface area contributed by atoms with E-state index in [0.29, 0.717) is 35.6 Å². The van der Waals surface area contributed by atoms with Crippen molar-refractivity contribution in [3.8, 4) is 5.75 Å². The molecule has 50 heavy (non-hydrogen) atoms. The van der Waals surface area contributed by atoms with Crippen LogP contribution in [0.3, 0.4) is 0 Å². The highest BCUT2D eigenvalue weighted by Gasteiger charge is 2.38. The summed E-state index contributed by atoms with van der Waals surface area (Å²) in [5.74, 6) is -0.358. The lowest BCUT2D eigenvalue weighted by atomic mass is 9.78. The van der Waals surface area contributed by atoms with Crippen molar-refractivity contribution in [3.63, 3.8) is 0 Å². The summed E-state index contributed by atoms with van der Waals surface area (Å²) in [5.41, 5.74) is 2.21. The Bertz CT molecular complexity index is 1790. The zero-order valence-electron chi connectivity index (χ0n) is 28.1. The van der Waals surface area contributed by atoms with Gasteiger partial charge >= 0.3 is 14.2 Å². The number of piperazine rings is 1. The molecule has 6 rings (SSSR count). The highest BCUT2D eigenvalue weighted by atomic mass is 31.1. The number of benzene rings is 2. The summed E-state index contributed by atoms with van der Waals surface area (Å²) in [6.07, 6.45) is -0.366. The van der Waals surface area contributed by atoms with Crippen LogP contribution in [0.25, 0.3) is 0 Å². The maximum atomic E-state index is 14.2. The van der Waals surface area contributed by atoms with Crippen molar-refractivity contribution in [2.45, 2.75) is 63.4 Å². The van der Waals surface area contributed by atoms with Crippen molar-refractivity contribution in [3.05, 3.63) is 64.3 Å². The van der Waals surface area contributed by atoms with E-state index < -0.39 is 25.6 Å². The van der Waals surface area contributed by atoms with Crippen LogP contribution < -0.4 is 15.4 Å². The predicted octanol–water partition coefficient (Wildman–Crippen LogP) is 6.00. The molecule has 1 aliphatic carbocycles. The maximum Gasteiger partial charge on any atom is 0.510 e. The minimum atomic E-state index is -4.79. The molecule has 1 saturated carbocycles. The Morgan fingerprint density at radius 3 is 2.40 bits per heavy atom. The van der Waals surface area contributed by atoms with Crippen molar-refractivity contribution in [2.24, 2.45) is 0 Å². The number of nitrogens with one attached hydrogen (secondary N) is 2. The second-order valence-electron chi connectivity index (χ2n) is 13.0. The van der Waals surface area contributed by atoms with Gasteiger partial charge in [0.25, 0.3) is 5.91 Å². The summed E-state index contributed by atoms with van der Waals surface area (Å²) in [6, 6.07) is 8.72. The number of carbonyl (C=O) groups excluding carboxylic acids is 2. The van der Waals surface area contributed by atoms with Gasteiger partial charge in [-0.2, -0.15) is 23.0 Å². The number of hydrogen-bond donors (Lipinski definition) is 3. The second kappa shape index (κ2) is 14.5. The number of amides is 2. The van der Waals surface area contributed by atoms with Gasteiger partial charge in [-0.3, -0.25) is 14.5 Å². The van der Waals surface area contributed by atoms with Crippen LogP contribution in [-0.4, -0.2) is 87.8 Å². The van der Waals surface area contributed by atoms with E-state index in [1.165, 1.54) is 7.11 Å². The van der Waals surface area contributed by atoms with E-state index in [0.717, 1.165) is 63.0 Å². The minimum Gasteiger partial charge on any atom is -0.495 e. The zero-order chi connectivity index (χ0) is 35.7. The summed E-state index contributed by atoms with van der Waals surface area (Å²) in [4.78, 5) is 48.5. The van der Waals surface area contributed by atoms with Gasteiger partial charge < -0.3 is 25.2 Å². The summed E-state index contributed by atoms with van der Waals surface area (Å²) in [6.45, 7) is 5.16. The van der Waals surface area contributed by atoms with Crippen molar-refractivity contribution in [1.82, 2.24) is 24.7 Å². The quantitative estimate of drug-likeness (QED) is 0.226. The first-order valence-corrected chi connectivity index (χ1v) is 17.9. The molecule has 3 heterocycles. The molecule has 3 N–H and O–H groups in total. The average Bonchev–Trinajstić information content (AvgIpc) is 3.38. The molecule has 3 aromatic rings. The van der Waals surface area contributed by atoms with E-state index >= 15 is 0 Å². The molecule has 0 spiro atoms. The third-order valence-electron chi connectivity index (χ3n) is 9.89. The number of anilines is 4. The molecule has 1 atom stereocenters. The van der Waals surface area contributed by atoms with Gasteiger partial charge in [0.15, 0.2) is 0 Å². The average molecular weight is 715 g/mol. The first-order chi connectivity index (χ1) is 23.8. The topological polar surface area (TPSA) is 140 Å². The van der Waals surface area contributed by atoms with Crippen LogP contribution in [0.2, 0.25) is 0 Å². The number of alkyl halides is 3. The Hall–Kier alpha value is -4.33. The third kappa shape index (κ3) is 7.54. The number of aromatic nitrogens is 2. The Morgan fingerprint density at radius 1 is 1.06 bits per heavy atom. The fourth-order valence-electron chi connectivity index (χ4n) is 7.31. The van der Waals surface area contributed by atoms with Gasteiger partial charge in [0, 0.05) is 64.5 Å². The number of rotatable bonds is 9. The number of methoxy groups -OCH3 is 1. The van der Waals surface area contributed by atoms with Gasteiger partial charge in [-0.1, -0.05) is 12.1 Å². The molecule has 2 aliphatic heterocycles. The smallest absolute Gasteiger partial charge is 0.495 e. The molecule has 12 nitrogen and oxygen atoms in total. The molecule has 2 amide bonds. The van der Waals surface area contributed by atoms with Crippen LogP contribution >= 0.6 is 8.03 Å². The number of nitrogens with zero attached hydrogens (tertiary/aromatic N) is 5. The Balaban J connectivity index is 1.24. The monoisotopic (exact) mass is 714 g/mol. The van der Waals surface area contributed by atoms with Crippen LogP contribution in [0.4, 0.5) is 36.3 Å². The normalized spacial score (nSPS) is 20.1. The number of hydrogen-bond acceptors (Lipinski definition) is 9. The molecule has 16 heteroatoms. The molecule has 2 fully saturated rings. The fourth-order valence-corrected chi connectivity index (χ4v) is 7.81. The zero-order valence-corrected chi connectivity index (χ0v) is 29.0. The largest absolute Gasteiger partial charge is 0.510 e. The molecular formula is C34H40F3N7O5P+. The molecule has 266 valence electrons. The second-order valence-corrected chi connectivity index (χ2v) is 14.0. The molecule has 3 aliphatic rings. The molecule has 1 aromatic heterocycles. The van der Waals surface area contributed by atoms with E-state index in [9.17, 15) is 32.2 Å². The van der Waals surface area contributed by atoms with Crippen molar-refractivity contribution in [2.75, 3.05) is 51.0 Å². The van der Waals surface area contributed by atoms with E-state index in [2.05, 4.69) is 25.5 Å². The lowest BCUT2D eigenvalue weighted by molar-refractivity contribution is -0.137. The molecule has 0 radical (unpaired) electrons. The highest BCUT2D eigenvalue weighted by Crippen LogP contribution is 2.43. The summed E-state index contributed by atoms with van der Waals surface area (Å²) < 4.78 is 59.3. The number of ether oxygens (including phenoxy) is 1. The first-order valence-electron chi connectivity index (χ1n) is 16.5. The Kier molecular flexibility index (Phi) is 10.3. The van der Waals surface area contributed by atoms with Crippen molar-refractivity contribution < 1.29 is 37.0 Å². The van der Waals surface area contributed by atoms with E-state index in [4.69, 9.17) is 4.74 Å². The fraction of sp³-hybridized carbons (Fsp3) is 0.471. The SMILES string of the molecule is COc1cc(C[P+](=O)O)ccc1Nc1ncc(C(F)(F)F)c(Nc2ccc(C3CCC(N4CCN(C(C)=O)CC4)CC3)c3c2C(=O)N(C)C3)n1. The maximum absolute atomic E-state index is 14.2. The highest BCUT2D eigenvalue weighted by molar-refractivity contribution is 7.37. The van der Waals surface area contributed by atoms with Gasteiger partial charge in [-0.05, 0) is 65.5 Å². The number of halogens is 3. The van der Waals surface area contributed by atoms with Crippen molar-refractivity contribution in [1.29, 1.82) is 0 Å². The number of fused-ring (bicyclic) bond motifs is 1. The van der Waals surface area contributed by atoms with E-state index in [1.807, 2.05) is 11.0 Å². The lowest BCUT2D eigenvalue weighted by Crippen LogP contribution is -2.52. The van der Waals surface area contributed by atoms with Gasteiger partial charge in [0.05, 0.1) is 24.0 Å². The summed E-state index contributed by atoms with van der Waals surface area (Å²) >= 11 is 0. The van der Waals surface area contributed by atoms with Crippen LogP contribution in [0, 0.1) is 0 Å². The predicted molar refractivity (Wildman–Crippen MR) is 181 cm³/mol. The molecule has 0 bridgehead atoms. The van der Waals surface area contributed by atoms with Gasteiger partial charge in [0.2, 0.25) is 18.0 Å². The van der Waals surface area contributed by atoms with Crippen LogP contribution in [0.15, 0.2) is 36.5 Å². The van der Waals surface area contributed by atoms with Gasteiger partial charge in [-0.25, -0.2) is 4.98 Å².